The fraction of sp³-hybridized carbons (Fsp3) is 0.0238. The number of nitrogens with zero attached hydrogens (tertiary/aromatic N) is 2. The van der Waals surface area contributed by atoms with Crippen LogP contribution in [0.3, 0.4) is 0 Å². The average Bonchev–Trinajstić information content (AvgIpc) is 1.63. The lowest BCUT2D eigenvalue weighted by atomic mass is 9.67. The Labute approximate surface area is 501 Å². The summed E-state index contributed by atoms with van der Waals surface area (Å²) in [7, 11) is 0. The summed E-state index contributed by atoms with van der Waals surface area (Å²) in [5.74, 6) is 0. The molecule has 0 bridgehead atoms. The molecule has 2 aliphatic carbocycles. The van der Waals surface area contributed by atoms with E-state index in [4.69, 9.17) is 0 Å². The van der Waals surface area contributed by atoms with Gasteiger partial charge >= 0.3 is 0 Å². The van der Waals surface area contributed by atoms with Crippen LogP contribution in [-0.4, -0.2) is 4.57 Å². The van der Waals surface area contributed by atoms with Crippen molar-refractivity contribution in [2.24, 2.45) is 0 Å². The van der Waals surface area contributed by atoms with E-state index >= 15 is 0 Å². The number of benzene rings is 14. The van der Waals surface area contributed by atoms with Crippen molar-refractivity contribution in [2.75, 3.05) is 4.90 Å². The number of aromatic nitrogens is 1. The van der Waals surface area contributed by atoms with Crippen molar-refractivity contribution in [3.05, 3.63) is 384 Å². The number of anilines is 3. The molecule has 0 fully saturated rings. The minimum Gasteiger partial charge on any atom is -0.310 e. The van der Waals surface area contributed by atoms with E-state index in [0.717, 1.165) is 33.9 Å². The van der Waals surface area contributed by atoms with Crippen LogP contribution in [0.25, 0.3) is 82.8 Å². The molecule has 0 spiro atoms. The topological polar surface area (TPSA) is 8.17 Å². The van der Waals surface area contributed by atoms with E-state index in [1.165, 1.54) is 110 Å². The van der Waals surface area contributed by atoms with Crippen LogP contribution in [-0.2, 0) is 10.8 Å². The van der Waals surface area contributed by atoms with E-state index in [1.807, 2.05) is 0 Å². The fourth-order valence-electron chi connectivity index (χ4n) is 15.0. The SMILES string of the molecule is c1ccc(-n2c3ccc(-c4ccc(N(c5ccc6c(c5)C(c5ccccc5)(c5ccccc5)c5ccccc5-6)c5ccc6ccccc6c5)cc4)cc3c3cc(-c4ccc(C5(c6ccccc6)c6ccccc6-c6ccccc65)cc4)ccc32)cc1. The van der Waals surface area contributed by atoms with Gasteiger partial charge in [-0.3, -0.25) is 0 Å². The van der Waals surface area contributed by atoms with E-state index in [2.05, 4.69) is 349 Å². The number of rotatable bonds is 10. The molecular formula is C84H56N2. The van der Waals surface area contributed by atoms with Gasteiger partial charge in [0.25, 0.3) is 0 Å². The second-order valence-electron chi connectivity index (χ2n) is 23.1. The van der Waals surface area contributed by atoms with Gasteiger partial charge in [0.15, 0.2) is 0 Å². The Morgan fingerprint density at radius 3 is 1.13 bits per heavy atom. The first-order valence-corrected chi connectivity index (χ1v) is 29.9. The van der Waals surface area contributed by atoms with Crippen molar-refractivity contribution in [2.45, 2.75) is 10.8 Å². The van der Waals surface area contributed by atoms with E-state index < -0.39 is 10.8 Å². The zero-order valence-electron chi connectivity index (χ0n) is 47.2. The largest absolute Gasteiger partial charge is 0.310 e. The van der Waals surface area contributed by atoms with Gasteiger partial charge in [0.2, 0.25) is 0 Å². The Bertz CT molecular complexity index is 5000. The van der Waals surface area contributed by atoms with Crippen molar-refractivity contribution in [1.82, 2.24) is 4.57 Å². The Hall–Kier alpha value is -11.1. The number of hydrogen-bond donors (Lipinski definition) is 0. The lowest BCUT2D eigenvalue weighted by Crippen LogP contribution is -2.28. The average molecular weight is 1090 g/mol. The van der Waals surface area contributed by atoms with Gasteiger partial charge in [0.1, 0.15) is 0 Å². The molecule has 86 heavy (non-hydrogen) atoms. The summed E-state index contributed by atoms with van der Waals surface area (Å²) in [6, 6.07) is 126. The van der Waals surface area contributed by atoms with Crippen molar-refractivity contribution < 1.29 is 0 Å². The van der Waals surface area contributed by atoms with Crippen LogP contribution < -0.4 is 4.90 Å². The molecule has 0 atom stereocenters. The maximum absolute atomic E-state index is 2.46. The van der Waals surface area contributed by atoms with Gasteiger partial charge in [-0.25, -0.2) is 0 Å². The van der Waals surface area contributed by atoms with Gasteiger partial charge in [0.05, 0.1) is 21.9 Å². The van der Waals surface area contributed by atoms with Gasteiger partial charge in [-0.1, -0.05) is 267 Å². The van der Waals surface area contributed by atoms with Gasteiger partial charge < -0.3 is 9.47 Å². The third-order valence-corrected chi connectivity index (χ3v) is 18.7. The normalized spacial score (nSPS) is 13.3. The molecule has 1 aromatic heterocycles. The molecule has 0 amide bonds. The summed E-state index contributed by atoms with van der Waals surface area (Å²) in [5, 5.41) is 4.84. The van der Waals surface area contributed by atoms with Crippen LogP contribution in [0.4, 0.5) is 17.1 Å². The van der Waals surface area contributed by atoms with Gasteiger partial charge in [0, 0.05) is 33.5 Å². The minimum atomic E-state index is -0.529. The molecule has 0 unspecified atom stereocenters. The highest BCUT2D eigenvalue weighted by molar-refractivity contribution is 6.12. The highest BCUT2D eigenvalue weighted by Gasteiger charge is 2.47. The zero-order chi connectivity index (χ0) is 56.8. The fourth-order valence-corrected chi connectivity index (χ4v) is 15.0. The molecule has 0 radical (unpaired) electrons. The van der Waals surface area contributed by atoms with Crippen molar-refractivity contribution in [3.8, 4) is 50.2 Å². The molecule has 0 saturated carbocycles. The van der Waals surface area contributed by atoms with Crippen molar-refractivity contribution in [3.63, 3.8) is 0 Å². The van der Waals surface area contributed by atoms with Crippen molar-refractivity contribution in [1.29, 1.82) is 0 Å². The maximum Gasteiger partial charge on any atom is 0.0714 e. The van der Waals surface area contributed by atoms with Gasteiger partial charge in [-0.15, -0.1) is 0 Å². The molecule has 2 aliphatic rings. The molecule has 14 aromatic carbocycles. The van der Waals surface area contributed by atoms with E-state index in [-0.39, 0.29) is 0 Å². The highest BCUT2D eigenvalue weighted by atomic mass is 15.1. The van der Waals surface area contributed by atoms with E-state index in [1.54, 1.807) is 0 Å². The molecule has 2 nitrogen and oxygen atoms in total. The van der Waals surface area contributed by atoms with Crippen LogP contribution in [0.15, 0.2) is 340 Å². The summed E-state index contributed by atoms with van der Waals surface area (Å²) in [6.07, 6.45) is 0. The Balaban J connectivity index is 0.785. The van der Waals surface area contributed by atoms with Crippen LogP contribution in [0.5, 0.6) is 0 Å². The second kappa shape index (κ2) is 19.8. The first-order valence-electron chi connectivity index (χ1n) is 29.9. The Morgan fingerprint density at radius 2 is 0.605 bits per heavy atom. The third-order valence-electron chi connectivity index (χ3n) is 18.7. The van der Waals surface area contributed by atoms with Gasteiger partial charge in [-0.05, 0) is 173 Å². The van der Waals surface area contributed by atoms with Crippen LogP contribution in [0, 0.1) is 0 Å². The Kier molecular flexibility index (Phi) is 11.4. The summed E-state index contributed by atoms with van der Waals surface area (Å²) < 4.78 is 2.42. The predicted octanol–water partition coefficient (Wildman–Crippen LogP) is 21.5. The third kappa shape index (κ3) is 7.46. The summed E-state index contributed by atoms with van der Waals surface area (Å²) in [5.41, 5.74) is 25.8. The number of hydrogen-bond acceptors (Lipinski definition) is 1. The predicted molar refractivity (Wildman–Crippen MR) is 358 cm³/mol. The van der Waals surface area contributed by atoms with E-state index in [0.29, 0.717) is 0 Å². The first kappa shape index (κ1) is 49.5. The van der Waals surface area contributed by atoms with Crippen LogP contribution >= 0.6 is 0 Å². The summed E-state index contributed by atoms with van der Waals surface area (Å²) >= 11 is 0. The molecule has 1 heterocycles. The van der Waals surface area contributed by atoms with Crippen molar-refractivity contribution >= 4 is 49.6 Å². The maximum atomic E-state index is 2.46. The number of fused-ring (bicyclic) bond motifs is 10. The molecule has 2 heteroatoms. The lowest BCUT2D eigenvalue weighted by molar-refractivity contribution is 0.768. The molecule has 0 N–H and O–H groups in total. The first-order chi connectivity index (χ1) is 42.6. The zero-order valence-corrected chi connectivity index (χ0v) is 47.2. The molecule has 0 saturated heterocycles. The Morgan fingerprint density at radius 1 is 0.233 bits per heavy atom. The molecule has 15 aromatic rings. The molecule has 402 valence electrons. The lowest BCUT2D eigenvalue weighted by Gasteiger charge is -2.35. The molecule has 0 aliphatic heterocycles. The highest BCUT2D eigenvalue weighted by Crippen LogP contribution is 2.59. The van der Waals surface area contributed by atoms with E-state index in [9.17, 15) is 0 Å². The minimum absolute atomic E-state index is 0.448. The monoisotopic (exact) mass is 1090 g/mol. The smallest absolute Gasteiger partial charge is 0.0714 e. The molecular weight excluding hydrogens is 1040 g/mol. The second-order valence-corrected chi connectivity index (χ2v) is 23.1. The summed E-state index contributed by atoms with van der Waals surface area (Å²) in [4.78, 5) is 2.44. The number of para-hydroxylation sites is 1. The quantitative estimate of drug-likeness (QED) is 0.132. The van der Waals surface area contributed by atoms with Crippen LogP contribution in [0.2, 0.25) is 0 Å². The standard InChI is InChI=1S/C84H56N2/c1-5-23-63(24-6-1)83(77-34-18-15-31-71(77)72-32-16-19-35-78(72)83)66-44-37-58(38-45-66)61-42-51-81-75(54-61)76-55-62(43-52-82(76)86(81)67-29-11-4-12-30-67)59-39-46-68(47-40-59)85(69-48-41-57-21-13-14-22-60(57)53-69)70-49-50-74-73-33-17-20-36-79(73)84(80(74)56-70,64-25-7-2-8-26-64)65-27-9-3-10-28-65/h1-56H. The van der Waals surface area contributed by atoms with Gasteiger partial charge in [-0.2, -0.15) is 0 Å². The summed E-state index contributed by atoms with van der Waals surface area (Å²) in [6.45, 7) is 0. The molecule has 17 rings (SSSR count). The van der Waals surface area contributed by atoms with Crippen LogP contribution in [0.1, 0.15) is 44.5 Å².